The number of hydrogen-bond donors (Lipinski definition) is 1. The van der Waals surface area contributed by atoms with Gasteiger partial charge in [0.1, 0.15) is 16.5 Å². The zero-order valence-corrected chi connectivity index (χ0v) is 12.8. The molecule has 1 rings (SSSR count). The van der Waals surface area contributed by atoms with Crippen molar-refractivity contribution in [2.24, 2.45) is 11.7 Å². The predicted molar refractivity (Wildman–Crippen MR) is 76.7 cm³/mol. The molecule has 4 nitrogen and oxygen atoms in total. The lowest BCUT2D eigenvalue weighted by molar-refractivity contribution is 0.401. The smallest absolute Gasteiger partial charge is 0.246 e. The molecular weight excluding hydrogens is 306 g/mol. The highest BCUT2D eigenvalue weighted by Crippen LogP contribution is 2.21. The lowest BCUT2D eigenvalue weighted by Gasteiger charge is -2.23. The van der Waals surface area contributed by atoms with Crippen molar-refractivity contribution in [2.75, 3.05) is 13.1 Å². The van der Waals surface area contributed by atoms with Crippen LogP contribution in [0, 0.1) is 17.6 Å². The molecule has 2 N–H and O–H groups in total. The molecule has 0 heterocycles. The summed E-state index contributed by atoms with van der Waals surface area (Å²) in [4.78, 5) is -0.521. The van der Waals surface area contributed by atoms with Crippen LogP contribution in [0.15, 0.2) is 23.1 Å². The summed E-state index contributed by atoms with van der Waals surface area (Å²) in [5.41, 5.74) is 5.45. The Morgan fingerprint density at radius 3 is 2.55 bits per heavy atom. The van der Waals surface area contributed by atoms with Crippen molar-refractivity contribution in [3.8, 4) is 0 Å². The zero-order valence-electron chi connectivity index (χ0n) is 11.1. The summed E-state index contributed by atoms with van der Waals surface area (Å²) in [6.07, 6.45) is 0. The van der Waals surface area contributed by atoms with Gasteiger partial charge in [-0.05, 0) is 18.2 Å². The number of halogens is 2. The van der Waals surface area contributed by atoms with Gasteiger partial charge in [-0.15, -0.1) is 0 Å². The second kappa shape index (κ2) is 6.55. The van der Waals surface area contributed by atoms with Crippen molar-refractivity contribution in [3.05, 3.63) is 29.8 Å². The van der Waals surface area contributed by atoms with E-state index in [0.717, 1.165) is 16.4 Å². The highest BCUT2D eigenvalue weighted by Gasteiger charge is 2.28. The third-order valence-corrected chi connectivity index (χ3v) is 5.19. The molecule has 1 unspecified atom stereocenters. The predicted octanol–water partition coefficient (Wildman–Crippen LogP) is 1.90. The van der Waals surface area contributed by atoms with Gasteiger partial charge in [-0.25, -0.2) is 17.2 Å². The number of hydrogen-bond acceptors (Lipinski definition) is 3. The molecule has 0 amide bonds. The van der Waals surface area contributed by atoms with Gasteiger partial charge in [-0.1, -0.05) is 26.1 Å². The number of sulfonamides is 1. The normalized spacial score (nSPS) is 13.4. The van der Waals surface area contributed by atoms with E-state index in [1.165, 1.54) is 0 Å². The van der Waals surface area contributed by atoms with Crippen LogP contribution in [0.5, 0.6) is 0 Å². The van der Waals surface area contributed by atoms with Crippen molar-refractivity contribution < 1.29 is 17.2 Å². The lowest BCUT2D eigenvalue weighted by atomic mass is 10.2. The molecule has 20 heavy (non-hydrogen) atoms. The van der Waals surface area contributed by atoms with Gasteiger partial charge in [-0.3, -0.25) is 0 Å². The molecule has 112 valence electrons. The Balaban J connectivity index is 3.18. The Kier molecular flexibility index (Phi) is 5.55. The molecule has 0 fully saturated rings. The molecule has 0 aliphatic carbocycles. The van der Waals surface area contributed by atoms with E-state index in [2.05, 4.69) is 0 Å². The highest BCUT2D eigenvalue weighted by atomic mass is 32.2. The van der Waals surface area contributed by atoms with Crippen molar-refractivity contribution in [1.29, 1.82) is 0 Å². The molecule has 0 radical (unpaired) electrons. The summed E-state index contributed by atoms with van der Waals surface area (Å²) in [6.45, 7) is 3.39. The lowest BCUT2D eigenvalue weighted by Crippen LogP contribution is -2.38. The van der Waals surface area contributed by atoms with E-state index in [1.807, 2.05) is 0 Å². The fourth-order valence-electron chi connectivity index (χ4n) is 1.61. The molecule has 0 aromatic heterocycles. The summed E-state index contributed by atoms with van der Waals surface area (Å²) in [6, 6.07) is 2.31. The van der Waals surface area contributed by atoms with Crippen LogP contribution in [-0.2, 0) is 10.0 Å². The van der Waals surface area contributed by atoms with Crippen LogP contribution in [0.25, 0.3) is 0 Å². The SMILES string of the molecule is CCN(CC(C)C(N)=S)S(=O)(=O)c1cc(F)ccc1F. The molecule has 1 aromatic rings. The molecular formula is C12H16F2N2O2S2. The van der Waals surface area contributed by atoms with Gasteiger partial charge in [0.05, 0.1) is 4.99 Å². The second-order valence-corrected chi connectivity index (χ2v) is 6.71. The number of nitrogens with zero attached hydrogens (tertiary/aromatic N) is 1. The van der Waals surface area contributed by atoms with Gasteiger partial charge in [-0.2, -0.15) is 4.31 Å². The molecule has 0 bridgehead atoms. The van der Waals surface area contributed by atoms with Crippen LogP contribution < -0.4 is 5.73 Å². The number of benzene rings is 1. The summed E-state index contributed by atoms with van der Waals surface area (Å²) in [7, 11) is -4.13. The largest absolute Gasteiger partial charge is 0.393 e. The fraction of sp³-hybridized carbons (Fsp3) is 0.417. The monoisotopic (exact) mass is 322 g/mol. The average Bonchev–Trinajstić information content (AvgIpc) is 2.37. The summed E-state index contributed by atoms with van der Waals surface area (Å²) < 4.78 is 52.5. The van der Waals surface area contributed by atoms with Crippen LogP contribution in [0.4, 0.5) is 8.78 Å². The van der Waals surface area contributed by atoms with Crippen LogP contribution in [0.1, 0.15) is 13.8 Å². The topological polar surface area (TPSA) is 63.4 Å². The Morgan fingerprint density at radius 1 is 1.45 bits per heavy atom. The van der Waals surface area contributed by atoms with Crippen LogP contribution >= 0.6 is 12.2 Å². The Labute approximate surface area is 122 Å². The summed E-state index contributed by atoms with van der Waals surface area (Å²) in [5.74, 6) is -2.17. The maximum Gasteiger partial charge on any atom is 0.246 e. The third-order valence-electron chi connectivity index (χ3n) is 2.83. The van der Waals surface area contributed by atoms with Gasteiger partial charge >= 0.3 is 0 Å². The molecule has 1 aromatic carbocycles. The number of nitrogens with two attached hydrogens (primary N) is 1. The molecule has 0 spiro atoms. The number of rotatable bonds is 6. The first-order chi connectivity index (χ1) is 9.20. The van der Waals surface area contributed by atoms with E-state index >= 15 is 0 Å². The van der Waals surface area contributed by atoms with Gasteiger partial charge in [0, 0.05) is 19.0 Å². The van der Waals surface area contributed by atoms with Gasteiger partial charge in [0.15, 0.2) is 0 Å². The van der Waals surface area contributed by atoms with Crippen molar-refractivity contribution in [1.82, 2.24) is 4.31 Å². The van der Waals surface area contributed by atoms with Crippen molar-refractivity contribution in [3.63, 3.8) is 0 Å². The molecule has 0 aliphatic heterocycles. The maximum atomic E-state index is 13.6. The second-order valence-electron chi connectivity index (χ2n) is 4.33. The van der Waals surface area contributed by atoms with Gasteiger partial charge < -0.3 is 5.73 Å². The molecule has 1 atom stereocenters. The summed E-state index contributed by atoms with van der Waals surface area (Å²) >= 11 is 4.79. The van der Waals surface area contributed by atoms with E-state index < -0.39 is 26.6 Å². The first-order valence-electron chi connectivity index (χ1n) is 5.94. The maximum absolute atomic E-state index is 13.6. The quantitative estimate of drug-likeness (QED) is 0.813. The van der Waals surface area contributed by atoms with Crippen LogP contribution in [-0.4, -0.2) is 30.8 Å². The van der Waals surface area contributed by atoms with E-state index in [9.17, 15) is 17.2 Å². The van der Waals surface area contributed by atoms with Crippen LogP contribution in [0.3, 0.4) is 0 Å². The Bertz CT molecular complexity index is 605. The minimum absolute atomic E-state index is 0.0180. The minimum Gasteiger partial charge on any atom is -0.393 e. The molecule has 0 saturated carbocycles. The van der Waals surface area contributed by atoms with E-state index in [1.54, 1.807) is 13.8 Å². The van der Waals surface area contributed by atoms with E-state index in [4.69, 9.17) is 18.0 Å². The minimum atomic E-state index is -4.13. The Morgan fingerprint density at radius 2 is 2.05 bits per heavy atom. The van der Waals surface area contributed by atoms with E-state index in [-0.39, 0.29) is 24.0 Å². The number of thiocarbonyl (C=S) groups is 1. The first kappa shape index (κ1) is 16.9. The van der Waals surface area contributed by atoms with Crippen LogP contribution in [0.2, 0.25) is 0 Å². The average molecular weight is 322 g/mol. The van der Waals surface area contributed by atoms with Crippen molar-refractivity contribution >= 4 is 27.2 Å². The fourth-order valence-corrected chi connectivity index (χ4v) is 3.30. The Hall–Kier alpha value is -1.12. The highest BCUT2D eigenvalue weighted by molar-refractivity contribution is 7.89. The van der Waals surface area contributed by atoms with E-state index in [0.29, 0.717) is 6.07 Å². The first-order valence-corrected chi connectivity index (χ1v) is 7.79. The zero-order chi connectivity index (χ0) is 15.5. The van der Waals surface area contributed by atoms with Gasteiger partial charge in [0.2, 0.25) is 10.0 Å². The molecule has 0 aliphatic rings. The molecule has 0 saturated heterocycles. The third kappa shape index (κ3) is 3.71. The van der Waals surface area contributed by atoms with Gasteiger partial charge in [0.25, 0.3) is 0 Å². The standard InChI is InChI=1S/C12H16F2N2O2S2/c1-3-16(7-8(2)12(15)19)20(17,18)11-6-9(13)4-5-10(11)14/h4-6,8H,3,7H2,1-2H3,(H2,15,19). The summed E-state index contributed by atoms with van der Waals surface area (Å²) in [5, 5.41) is 0. The molecule has 8 heteroatoms. The van der Waals surface area contributed by atoms with Crippen molar-refractivity contribution in [2.45, 2.75) is 18.7 Å².